The van der Waals surface area contributed by atoms with Gasteiger partial charge in [0.2, 0.25) is 0 Å². The largest absolute Gasteiger partial charge is 0.249 e. The van der Waals surface area contributed by atoms with Crippen molar-refractivity contribution in [2.45, 2.75) is 24.0 Å². The first kappa shape index (κ1) is 9.12. The minimum atomic E-state index is -2.70. The van der Waals surface area contributed by atoms with Crippen LogP contribution in [0.3, 0.4) is 0 Å². The minimum absolute atomic E-state index is 0.205. The summed E-state index contributed by atoms with van der Waals surface area (Å²) in [7, 11) is -2.70. The molecule has 0 spiro atoms. The molecule has 66 valence electrons. The molecule has 5 heteroatoms. The van der Waals surface area contributed by atoms with Crippen molar-refractivity contribution in [2.24, 2.45) is 0 Å². The van der Waals surface area contributed by atoms with Gasteiger partial charge < -0.3 is 0 Å². The number of aromatic nitrogens is 2. The summed E-state index contributed by atoms with van der Waals surface area (Å²) in [4.78, 5) is 7.85. The normalized spacial score (nSPS) is 15.9. The van der Waals surface area contributed by atoms with Crippen LogP contribution in [0.2, 0.25) is 0 Å². The van der Waals surface area contributed by atoms with Crippen LogP contribution in [0.5, 0.6) is 0 Å². The summed E-state index contributed by atoms with van der Waals surface area (Å²) in [6.07, 6.45) is 4.23. The van der Waals surface area contributed by atoms with Crippen LogP contribution in [-0.2, 0) is 9.73 Å². The molecule has 0 bridgehead atoms. The van der Waals surface area contributed by atoms with E-state index >= 15 is 0 Å². The summed E-state index contributed by atoms with van der Waals surface area (Å²) in [6, 6.07) is 0. The molecule has 0 amide bonds. The van der Waals surface area contributed by atoms with Crippen molar-refractivity contribution in [2.75, 3.05) is 0 Å². The van der Waals surface area contributed by atoms with Crippen molar-refractivity contribution in [1.82, 2.24) is 9.97 Å². The van der Waals surface area contributed by atoms with Gasteiger partial charge in [-0.3, -0.25) is 0 Å². The van der Waals surface area contributed by atoms with Crippen LogP contribution >= 0.6 is 0 Å². The Morgan fingerprint density at radius 3 is 2.33 bits per heavy atom. The Hall–Kier alpha value is -0.970. The molecule has 0 aliphatic heterocycles. The van der Waals surface area contributed by atoms with Gasteiger partial charge in [-0.2, -0.15) is 0 Å². The van der Waals surface area contributed by atoms with Gasteiger partial charge in [0.05, 0.1) is 14.6 Å². The fraction of sp³-hybridized carbons (Fsp3) is 0.429. The molecule has 0 fully saturated rings. The molecule has 1 aromatic rings. The minimum Gasteiger partial charge on any atom is -0.249 e. The molecule has 1 heterocycles. The lowest BCUT2D eigenvalue weighted by molar-refractivity contribution is 0.666. The van der Waals surface area contributed by atoms with Crippen LogP contribution in [0.25, 0.3) is 0 Å². The molecule has 0 aliphatic carbocycles. The Morgan fingerprint density at radius 2 is 1.92 bits per heavy atom. The second kappa shape index (κ2) is 3.18. The Labute approximate surface area is 72.0 Å². The molecule has 1 atom stereocenters. The predicted molar refractivity (Wildman–Crippen MR) is 46.3 cm³/mol. The molecule has 1 unspecified atom stereocenters. The van der Waals surface area contributed by atoms with Gasteiger partial charge in [-0.05, 0) is 13.8 Å². The maximum atomic E-state index is 11.7. The molecule has 0 saturated heterocycles. The van der Waals surface area contributed by atoms with Crippen LogP contribution in [0.1, 0.15) is 13.8 Å². The lowest BCUT2D eigenvalue weighted by Gasteiger charge is -2.09. The maximum absolute atomic E-state index is 11.7. The summed E-state index contributed by atoms with van der Waals surface area (Å²) in [5, 5.41) is -0.205. The van der Waals surface area contributed by atoms with E-state index in [1.165, 1.54) is 18.7 Å². The lowest BCUT2D eigenvalue weighted by atomic mass is 10.6. The second-order valence-corrected chi connectivity index (χ2v) is 5.34. The van der Waals surface area contributed by atoms with Crippen LogP contribution in [0.4, 0.5) is 0 Å². The third-order valence-electron chi connectivity index (χ3n) is 1.55. The van der Waals surface area contributed by atoms with Crippen molar-refractivity contribution in [1.29, 1.82) is 4.78 Å². The Kier molecular flexibility index (Phi) is 2.42. The third-order valence-corrected chi connectivity index (χ3v) is 3.79. The number of hydrogen-bond acceptors (Lipinski definition) is 4. The van der Waals surface area contributed by atoms with Gasteiger partial charge in [-0.15, -0.1) is 0 Å². The molecular weight excluding hydrogens is 174 g/mol. The Morgan fingerprint density at radius 1 is 1.42 bits per heavy atom. The number of rotatable bonds is 2. The van der Waals surface area contributed by atoms with Crippen LogP contribution in [-0.4, -0.2) is 19.4 Å². The molecule has 0 radical (unpaired) electrons. The molecule has 0 saturated carbocycles. The first-order chi connectivity index (χ1) is 5.55. The van der Waals surface area contributed by atoms with Crippen LogP contribution < -0.4 is 0 Å². The highest BCUT2D eigenvalue weighted by Gasteiger charge is 2.14. The zero-order valence-electron chi connectivity index (χ0n) is 7.02. The number of hydrogen-bond donors (Lipinski definition) is 1. The second-order valence-electron chi connectivity index (χ2n) is 2.72. The van der Waals surface area contributed by atoms with Crippen molar-refractivity contribution in [3.05, 3.63) is 18.7 Å². The Bertz CT molecular complexity index is 344. The molecule has 0 aliphatic rings. The van der Waals surface area contributed by atoms with E-state index in [1.54, 1.807) is 13.8 Å². The van der Waals surface area contributed by atoms with Gasteiger partial charge in [0.25, 0.3) is 0 Å². The highest BCUT2D eigenvalue weighted by atomic mass is 32.2. The van der Waals surface area contributed by atoms with E-state index in [9.17, 15) is 4.21 Å². The topological polar surface area (TPSA) is 66.7 Å². The molecular formula is C7H11N3OS. The number of nitrogens with one attached hydrogen (secondary N) is 1. The highest BCUT2D eigenvalue weighted by Crippen LogP contribution is 2.13. The SMILES string of the molecule is CC(C)S(=N)(=O)c1cncnc1. The van der Waals surface area contributed by atoms with Gasteiger partial charge in [-0.1, -0.05) is 0 Å². The van der Waals surface area contributed by atoms with Crippen LogP contribution in [0, 0.1) is 4.78 Å². The predicted octanol–water partition coefficient (Wildman–Crippen LogP) is 1.29. The fourth-order valence-electron chi connectivity index (χ4n) is 0.714. The zero-order chi connectivity index (χ0) is 9.19. The van der Waals surface area contributed by atoms with Crippen molar-refractivity contribution < 1.29 is 4.21 Å². The molecule has 1 aromatic heterocycles. The van der Waals surface area contributed by atoms with E-state index in [0.29, 0.717) is 4.90 Å². The summed E-state index contributed by atoms with van der Waals surface area (Å²) in [5.41, 5.74) is 0. The smallest absolute Gasteiger partial charge is 0.115 e. The van der Waals surface area contributed by atoms with E-state index in [-0.39, 0.29) is 5.25 Å². The first-order valence-electron chi connectivity index (χ1n) is 3.58. The number of nitrogens with zero attached hydrogens (tertiary/aromatic N) is 2. The van der Waals surface area contributed by atoms with Gasteiger partial charge in [0, 0.05) is 17.6 Å². The average molecular weight is 185 g/mol. The lowest BCUT2D eigenvalue weighted by Crippen LogP contribution is -2.12. The van der Waals surface area contributed by atoms with Gasteiger partial charge in [0.15, 0.2) is 0 Å². The van der Waals surface area contributed by atoms with Crippen LogP contribution in [0.15, 0.2) is 23.6 Å². The van der Waals surface area contributed by atoms with Gasteiger partial charge in [-0.25, -0.2) is 19.0 Å². The summed E-state index contributed by atoms with van der Waals surface area (Å²) in [6.45, 7) is 3.50. The third kappa shape index (κ3) is 1.61. The molecule has 1 N–H and O–H groups in total. The molecule has 1 rings (SSSR count). The van der Waals surface area contributed by atoms with E-state index < -0.39 is 9.73 Å². The average Bonchev–Trinajstić information content (AvgIpc) is 2.06. The Balaban J connectivity index is 3.17. The monoisotopic (exact) mass is 185 g/mol. The zero-order valence-corrected chi connectivity index (χ0v) is 7.84. The van der Waals surface area contributed by atoms with Crippen molar-refractivity contribution in [3.8, 4) is 0 Å². The van der Waals surface area contributed by atoms with Crippen molar-refractivity contribution in [3.63, 3.8) is 0 Å². The fourth-order valence-corrected chi connectivity index (χ4v) is 1.69. The van der Waals surface area contributed by atoms with E-state index in [0.717, 1.165) is 0 Å². The molecule has 0 aromatic carbocycles. The quantitative estimate of drug-likeness (QED) is 0.755. The van der Waals surface area contributed by atoms with E-state index in [2.05, 4.69) is 9.97 Å². The van der Waals surface area contributed by atoms with Gasteiger partial charge in [0.1, 0.15) is 6.33 Å². The van der Waals surface area contributed by atoms with Gasteiger partial charge >= 0.3 is 0 Å². The molecule has 12 heavy (non-hydrogen) atoms. The van der Waals surface area contributed by atoms with E-state index in [4.69, 9.17) is 4.78 Å². The first-order valence-corrected chi connectivity index (χ1v) is 5.20. The molecule has 4 nitrogen and oxygen atoms in total. The van der Waals surface area contributed by atoms with Crippen molar-refractivity contribution >= 4 is 9.73 Å². The maximum Gasteiger partial charge on any atom is 0.115 e. The summed E-state index contributed by atoms with van der Waals surface area (Å²) in [5.74, 6) is 0. The summed E-state index contributed by atoms with van der Waals surface area (Å²) >= 11 is 0. The summed E-state index contributed by atoms with van der Waals surface area (Å²) < 4.78 is 19.2. The highest BCUT2D eigenvalue weighted by molar-refractivity contribution is 7.93. The van der Waals surface area contributed by atoms with E-state index in [1.807, 2.05) is 0 Å². The standard InChI is InChI=1S/C7H11N3OS/c1-6(2)12(8,11)7-3-9-5-10-4-7/h3-6,8H,1-2H3.